The van der Waals surface area contributed by atoms with Gasteiger partial charge in [-0.25, -0.2) is 9.69 Å². The Morgan fingerprint density at radius 3 is 2.29 bits per heavy atom. The zero-order chi connectivity index (χ0) is 21.1. The second-order valence-electron chi connectivity index (χ2n) is 8.43. The summed E-state index contributed by atoms with van der Waals surface area (Å²) < 4.78 is 5.67. The van der Waals surface area contributed by atoms with Crippen LogP contribution in [-0.4, -0.2) is 17.8 Å². The molecule has 2 amide bonds. The summed E-state index contributed by atoms with van der Waals surface area (Å²) >= 11 is 0. The van der Waals surface area contributed by atoms with Gasteiger partial charge in [-0.15, -0.1) is 0 Å². The van der Waals surface area contributed by atoms with E-state index in [1.54, 1.807) is 30.3 Å². The summed E-state index contributed by atoms with van der Waals surface area (Å²) in [5, 5.41) is 1.82. The van der Waals surface area contributed by atoms with Crippen LogP contribution in [-0.2, 0) is 9.59 Å². The maximum Gasteiger partial charge on any atom is 0.343 e. The molecule has 1 heterocycles. The van der Waals surface area contributed by atoms with E-state index in [2.05, 4.69) is 12.2 Å². The van der Waals surface area contributed by atoms with Gasteiger partial charge in [0.25, 0.3) is 0 Å². The lowest BCUT2D eigenvalue weighted by molar-refractivity contribution is -0.123. The molecule has 4 atom stereocenters. The van der Waals surface area contributed by atoms with Gasteiger partial charge < -0.3 is 4.74 Å². The van der Waals surface area contributed by atoms with E-state index in [-0.39, 0.29) is 35.5 Å². The van der Waals surface area contributed by atoms with Crippen molar-refractivity contribution in [3.63, 3.8) is 0 Å². The van der Waals surface area contributed by atoms with E-state index < -0.39 is 5.97 Å². The van der Waals surface area contributed by atoms with Crippen LogP contribution in [0.25, 0.3) is 10.8 Å². The highest BCUT2D eigenvalue weighted by Crippen LogP contribution is 2.53. The first kappa shape index (κ1) is 18.1. The monoisotopic (exact) mass is 409 g/mol. The maximum absolute atomic E-state index is 13.1. The topological polar surface area (TPSA) is 63.7 Å². The van der Waals surface area contributed by atoms with Crippen LogP contribution in [0.1, 0.15) is 16.8 Å². The van der Waals surface area contributed by atoms with Gasteiger partial charge in [0.15, 0.2) is 0 Å². The van der Waals surface area contributed by atoms with Crippen molar-refractivity contribution in [1.29, 1.82) is 0 Å². The Morgan fingerprint density at radius 1 is 0.839 bits per heavy atom. The van der Waals surface area contributed by atoms with Crippen LogP contribution in [0.5, 0.6) is 5.75 Å². The number of esters is 1. The molecule has 1 saturated heterocycles. The molecule has 0 radical (unpaired) electrons. The number of rotatable bonds is 3. The van der Waals surface area contributed by atoms with Gasteiger partial charge in [0.05, 0.1) is 23.1 Å². The van der Waals surface area contributed by atoms with Gasteiger partial charge in [-0.2, -0.15) is 0 Å². The van der Waals surface area contributed by atoms with Crippen LogP contribution in [0, 0.1) is 23.7 Å². The number of carbonyl (C=O) groups is 3. The Hall–Kier alpha value is -3.73. The van der Waals surface area contributed by atoms with Gasteiger partial charge in [0.1, 0.15) is 5.75 Å². The second kappa shape index (κ2) is 6.64. The summed E-state index contributed by atoms with van der Waals surface area (Å²) in [5.74, 6) is -0.620. The van der Waals surface area contributed by atoms with Crippen molar-refractivity contribution >= 4 is 34.2 Å². The fourth-order valence-corrected chi connectivity index (χ4v) is 5.37. The summed E-state index contributed by atoms with van der Waals surface area (Å²) in [6, 6.07) is 19.8. The quantitative estimate of drug-likeness (QED) is 0.279. The Balaban J connectivity index is 1.29. The molecule has 0 unspecified atom stereocenters. The van der Waals surface area contributed by atoms with Crippen molar-refractivity contribution < 1.29 is 19.1 Å². The molecule has 1 saturated carbocycles. The third-order valence-electron chi connectivity index (χ3n) is 6.76. The van der Waals surface area contributed by atoms with Crippen molar-refractivity contribution in [1.82, 2.24) is 0 Å². The zero-order valence-corrected chi connectivity index (χ0v) is 16.6. The minimum Gasteiger partial charge on any atom is -0.422 e. The van der Waals surface area contributed by atoms with E-state index in [1.807, 2.05) is 36.4 Å². The van der Waals surface area contributed by atoms with Crippen LogP contribution in [0.3, 0.4) is 0 Å². The average Bonchev–Trinajstić information content (AvgIpc) is 3.48. The normalized spacial score (nSPS) is 26.0. The molecular weight excluding hydrogens is 390 g/mol. The van der Waals surface area contributed by atoms with Crippen molar-refractivity contribution in [2.24, 2.45) is 23.7 Å². The highest BCUT2D eigenvalue weighted by Gasteiger charge is 2.59. The van der Waals surface area contributed by atoms with Crippen molar-refractivity contribution in [2.75, 3.05) is 4.90 Å². The molecule has 5 heteroatoms. The van der Waals surface area contributed by atoms with E-state index in [4.69, 9.17) is 4.74 Å². The summed E-state index contributed by atoms with van der Waals surface area (Å²) in [6.07, 6.45) is 5.02. The van der Waals surface area contributed by atoms with Crippen molar-refractivity contribution in [3.8, 4) is 5.75 Å². The summed E-state index contributed by atoms with van der Waals surface area (Å²) in [7, 11) is 0. The standard InChI is InChI=1S/C26H19NO4/c28-24-22-16-11-12-17(13-16)23(22)25(29)27(24)19-8-3-7-18(14-19)26(30)31-21-10-4-6-15-5-1-2-9-20(15)21/h1-12,14,16-17,22-23H,13H2/t16-,17-,22+,23+/m0/s1. The lowest BCUT2D eigenvalue weighted by Crippen LogP contribution is -2.33. The lowest BCUT2D eigenvalue weighted by atomic mass is 9.85. The van der Waals surface area contributed by atoms with E-state index in [1.165, 1.54) is 4.90 Å². The molecule has 31 heavy (non-hydrogen) atoms. The molecule has 0 spiro atoms. The van der Waals surface area contributed by atoms with Crippen molar-refractivity contribution in [2.45, 2.75) is 6.42 Å². The molecule has 0 N–H and O–H groups in total. The number of amides is 2. The smallest absolute Gasteiger partial charge is 0.343 e. The van der Waals surface area contributed by atoms with Gasteiger partial charge >= 0.3 is 5.97 Å². The van der Waals surface area contributed by atoms with Crippen LogP contribution in [0.4, 0.5) is 5.69 Å². The lowest BCUT2D eigenvalue weighted by Gasteiger charge is -2.18. The molecule has 3 aromatic carbocycles. The number of hydrogen-bond donors (Lipinski definition) is 0. The number of fused-ring (bicyclic) bond motifs is 6. The molecule has 1 aliphatic heterocycles. The molecule has 2 bridgehead atoms. The van der Waals surface area contributed by atoms with Crippen LogP contribution in [0.2, 0.25) is 0 Å². The van der Waals surface area contributed by atoms with Crippen LogP contribution < -0.4 is 9.64 Å². The van der Waals surface area contributed by atoms with Gasteiger partial charge in [-0.1, -0.05) is 54.6 Å². The highest BCUT2D eigenvalue weighted by atomic mass is 16.5. The number of ether oxygens (including phenoxy) is 1. The molecule has 3 aliphatic rings. The summed E-state index contributed by atoms with van der Waals surface area (Å²) in [5.41, 5.74) is 0.723. The number of carbonyl (C=O) groups excluding carboxylic acids is 3. The molecule has 2 fully saturated rings. The molecule has 152 valence electrons. The third kappa shape index (κ3) is 2.66. The van der Waals surface area contributed by atoms with Crippen LogP contribution >= 0.6 is 0 Å². The first-order chi connectivity index (χ1) is 15.1. The maximum atomic E-state index is 13.1. The third-order valence-corrected chi connectivity index (χ3v) is 6.76. The molecule has 5 nitrogen and oxygen atoms in total. The number of imide groups is 1. The number of allylic oxidation sites excluding steroid dienone is 2. The van der Waals surface area contributed by atoms with E-state index in [9.17, 15) is 14.4 Å². The molecule has 2 aliphatic carbocycles. The molecular formula is C26H19NO4. The summed E-state index contributed by atoms with van der Waals surface area (Å²) in [6.45, 7) is 0. The highest BCUT2D eigenvalue weighted by molar-refractivity contribution is 6.23. The summed E-state index contributed by atoms with van der Waals surface area (Å²) in [4.78, 5) is 40.3. The Morgan fingerprint density at radius 2 is 1.52 bits per heavy atom. The Kier molecular flexibility index (Phi) is 3.87. The van der Waals surface area contributed by atoms with Gasteiger partial charge in [-0.3, -0.25) is 9.59 Å². The molecule has 0 aromatic heterocycles. The van der Waals surface area contributed by atoms with E-state index >= 15 is 0 Å². The van der Waals surface area contributed by atoms with Gasteiger partial charge in [0, 0.05) is 5.39 Å². The largest absolute Gasteiger partial charge is 0.422 e. The molecule has 6 rings (SSSR count). The number of anilines is 1. The number of hydrogen-bond acceptors (Lipinski definition) is 4. The molecule has 3 aromatic rings. The number of nitrogens with zero attached hydrogens (tertiary/aromatic N) is 1. The predicted molar refractivity (Wildman–Crippen MR) is 116 cm³/mol. The predicted octanol–water partition coefficient (Wildman–Crippen LogP) is 4.37. The second-order valence-corrected chi connectivity index (χ2v) is 8.43. The first-order valence-electron chi connectivity index (χ1n) is 10.5. The van der Waals surface area contributed by atoms with E-state index in [0.717, 1.165) is 17.2 Å². The SMILES string of the molecule is O=C(Oc1cccc2ccccc12)c1cccc(N2C(=O)[C@H]3[C@H](C2=O)[C@H]2C=C[C@H]3C2)c1. The van der Waals surface area contributed by atoms with Gasteiger partial charge in [0.2, 0.25) is 11.8 Å². The average molecular weight is 409 g/mol. The minimum absolute atomic E-state index is 0.149. The van der Waals surface area contributed by atoms with Crippen LogP contribution in [0.15, 0.2) is 78.9 Å². The van der Waals surface area contributed by atoms with Crippen molar-refractivity contribution in [3.05, 3.63) is 84.4 Å². The fourth-order valence-electron chi connectivity index (χ4n) is 5.37. The minimum atomic E-state index is -0.528. The fraction of sp³-hybridized carbons (Fsp3) is 0.192. The van der Waals surface area contributed by atoms with Gasteiger partial charge in [-0.05, 0) is 47.9 Å². The Labute approximate surface area is 178 Å². The van der Waals surface area contributed by atoms with E-state index in [0.29, 0.717) is 17.0 Å². The zero-order valence-electron chi connectivity index (χ0n) is 16.6. The first-order valence-corrected chi connectivity index (χ1v) is 10.5. The Bertz CT molecular complexity index is 1260. The number of benzene rings is 3.